The number of benzene rings is 1. The van der Waals surface area contributed by atoms with Crippen molar-refractivity contribution in [3.8, 4) is 0 Å². The quantitative estimate of drug-likeness (QED) is 0.870. The van der Waals surface area contributed by atoms with Crippen molar-refractivity contribution < 1.29 is 12.8 Å². The van der Waals surface area contributed by atoms with Gasteiger partial charge in [0.15, 0.2) is 5.58 Å². The lowest BCUT2D eigenvalue weighted by Gasteiger charge is -2.26. The van der Waals surface area contributed by atoms with E-state index in [1.165, 1.54) is 10.6 Å². The van der Waals surface area contributed by atoms with Crippen LogP contribution in [0.15, 0.2) is 32.3 Å². The van der Waals surface area contributed by atoms with E-state index in [9.17, 15) is 13.2 Å². The van der Waals surface area contributed by atoms with Gasteiger partial charge in [-0.3, -0.25) is 4.57 Å². The van der Waals surface area contributed by atoms with Crippen LogP contribution in [0.3, 0.4) is 0 Å². The zero-order valence-corrected chi connectivity index (χ0v) is 13.7. The number of oxazole rings is 1. The molecule has 1 aromatic heterocycles. The second-order valence-electron chi connectivity index (χ2n) is 6.27. The van der Waals surface area contributed by atoms with Crippen LogP contribution >= 0.6 is 0 Å². The lowest BCUT2D eigenvalue weighted by atomic mass is 10.1. The first-order chi connectivity index (χ1) is 11.0. The minimum atomic E-state index is -3.59. The Morgan fingerprint density at radius 1 is 1.22 bits per heavy atom. The van der Waals surface area contributed by atoms with Crippen LogP contribution in [0, 0.1) is 0 Å². The average molecular weight is 337 g/mol. The van der Waals surface area contributed by atoms with E-state index in [0.717, 1.165) is 25.8 Å². The zero-order valence-electron chi connectivity index (χ0n) is 12.9. The largest absolute Gasteiger partial charge is 0.419 e. The van der Waals surface area contributed by atoms with Crippen molar-refractivity contribution in [2.75, 3.05) is 13.1 Å². The summed E-state index contributed by atoms with van der Waals surface area (Å²) >= 11 is 0. The Balaban J connectivity index is 1.80. The predicted octanol–water partition coefficient (Wildman–Crippen LogP) is 0.647. The highest BCUT2D eigenvalue weighted by atomic mass is 32.2. The van der Waals surface area contributed by atoms with E-state index in [4.69, 9.17) is 4.42 Å². The number of nitrogens with one attached hydrogen (secondary N) is 1. The van der Waals surface area contributed by atoms with Gasteiger partial charge in [0.1, 0.15) is 0 Å². The van der Waals surface area contributed by atoms with Crippen molar-refractivity contribution >= 4 is 21.1 Å². The minimum Gasteiger partial charge on any atom is -0.408 e. The summed E-state index contributed by atoms with van der Waals surface area (Å²) < 4.78 is 34.4. The molecule has 4 rings (SSSR count). The molecule has 0 saturated carbocycles. The van der Waals surface area contributed by atoms with Crippen LogP contribution in [0.25, 0.3) is 11.1 Å². The zero-order chi connectivity index (χ0) is 16.2. The molecule has 1 aromatic carbocycles. The van der Waals surface area contributed by atoms with E-state index in [1.807, 2.05) is 0 Å². The highest BCUT2D eigenvalue weighted by Gasteiger charge is 2.43. The topological polar surface area (TPSA) is 84.5 Å². The normalized spacial score (nSPS) is 25.8. The lowest BCUT2D eigenvalue weighted by molar-refractivity contribution is 0.334. The van der Waals surface area contributed by atoms with Crippen molar-refractivity contribution in [2.24, 2.45) is 7.05 Å². The Morgan fingerprint density at radius 2 is 2.00 bits per heavy atom. The van der Waals surface area contributed by atoms with Crippen molar-refractivity contribution in [1.82, 2.24) is 14.2 Å². The van der Waals surface area contributed by atoms with Crippen LogP contribution in [0.1, 0.15) is 19.3 Å². The number of rotatable bonds is 2. The fraction of sp³-hybridized carbons (Fsp3) is 0.533. The van der Waals surface area contributed by atoms with Gasteiger partial charge in [0.05, 0.1) is 10.4 Å². The van der Waals surface area contributed by atoms with E-state index in [1.54, 1.807) is 23.5 Å². The van der Waals surface area contributed by atoms with Gasteiger partial charge in [-0.1, -0.05) is 0 Å². The fourth-order valence-corrected chi connectivity index (χ4v) is 5.64. The van der Waals surface area contributed by atoms with Gasteiger partial charge in [-0.25, -0.2) is 13.2 Å². The Hall–Kier alpha value is -1.64. The number of sulfonamides is 1. The molecule has 2 unspecified atom stereocenters. The van der Waals surface area contributed by atoms with Gasteiger partial charge in [0, 0.05) is 31.7 Å². The van der Waals surface area contributed by atoms with Crippen LogP contribution in [0.2, 0.25) is 0 Å². The van der Waals surface area contributed by atoms with E-state index in [2.05, 4.69) is 5.32 Å². The second-order valence-corrected chi connectivity index (χ2v) is 8.11. The predicted molar refractivity (Wildman–Crippen MR) is 84.8 cm³/mol. The summed E-state index contributed by atoms with van der Waals surface area (Å²) in [5, 5.41) is 3.30. The maximum Gasteiger partial charge on any atom is 0.419 e. The number of fused-ring (bicyclic) bond motifs is 3. The molecule has 1 N–H and O–H groups in total. The molecule has 23 heavy (non-hydrogen) atoms. The molecule has 7 nitrogen and oxygen atoms in total. The van der Waals surface area contributed by atoms with Crippen LogP contribution in [-0.4, -0.2) is 42.5 Å². The maximum atomic E-state index is 13.1. The van der Waals surface area contributed by atoms with Crippen LogP contribution in [-0.2, 0) is 17.1 Å². The number of aromatic nitrogens is 1. The molecule has 0 radical (unpaired) electrons. The fourth-order valence-electron chi connectivity index (χ4n) is 3.73. The Kier molecular flexibility index (Phi) is 3.36. The van der Waals surface area contributed by atoms with Gasteiger partial charge in [-0.15, -0.1) is 0 Å². The highest BCUT2D eigenvalue weighted by Crippen LogP contribution is 2.34. The van der Waals surface area contributed by atoms with Crippen LogP contribution in [0.5, 0.6) is 0 Å². The summed E-state index contributed by atoms with van der Waals surface area (Å²) in [5.74, 6) is -0.492. The summed E-state index contributed by atoms with van der Waals surface area (Å²) in [7, 11) is -1.99. The molecule has 2 atom stereocenters. The summed E-state index contributed by atoms with van der Waals surface area (Å²) in [4.78, 5) is 11.8. The molecule has 3 heterocycles. The smallest absolute Gasteiger partial charge is 0.408 e. The Morgan fingerprint density at radius 3 is 2.83 bits per heavy atom. The first-order valence-electron chi connectivity index (χ1n) is 7.82. The van der Waals surface area contributed by atoms with Gasteiger partial charge >= 0.3 is 5.76 Å². The molecule has 2 bridgehead atoms. The second kappa shape index (κ2) is 5.19. The highest BCUT2D eigenvalue weighted by molar-refractivity contribution is 7.89. The average Bonchev–Trinajstić information content (AvgIpc) is 2.94. The van der Waals surface area contributed by atoms with Crippen LogP contribution < -0.4 is 11.1 Å². The van der Waals surface area contributed by atoms with Gasteiger partial charge in [0.25, 0.3) is 0 Å². The van der Waals surface area contributed by atoms with Gasteiger partial charge in [0.2, 0.25) is 10.0 Å². The monoisotopic (exact) mass is 337 g/mol. The SMILES string of the molecule is Cn1c(=O)oc2cc(S(=O)(=O)N3C4CCNCC3CC4)ccc21. The molecule has 2 aliphatic heterocycles. The number of nitrogens with zero attached hydrogens (tertiary/aromatic N) is 2. The summed E-state index contributed by atoms with van der Waals surface area (Å²) in [5.41, 5.74) is 0.897. The van der Waals surface area contributed by atoms with E-state index in [0.29, 0.717) is 17.6 Å². The molecule has 2 aromatic rings. The van der Waals surface area contributed by atoms with Crippen molar-refractivity contribution in [2.45, 2.75) is 36.2 Å². The first-order valence-corrected chi connectivity index (χ1v) is 9.26. The lowest BCUT2D eigenvalue weighted by Crippen LogP contribution is -2.42. The van der Waals surface area contributed by atoms with Gasteiger partial charge < -0.3 is 9.73 Å². The van der Waals surface area contributed by atoms with E-state index in [-0.39, 0.29) is 17.0 Å². The Bertz CT molecular complexity index is 900. The van der Waals surface area contributed by atoms with Crippen LogP contribution in [0.4, 0.5) is 0 Å². The van der Waals surface area contributed by atoms with Crippen molar-refractivity contribution in [3.63, 3.8) is 0 Å². The summed E-state index contributed by atoms with van der Waals surface area (Å²) in [6.45, 7) is 1.54. The number of hydrogen-bond donors (Lipinski definition) is 1. The third kappa shape index (κ3) is 2.24. The molecule has 0 aliphatic carbocycles. The third-order valence-electron chi connectivity index (χ3n) is 4.93. The van der Waals surface area contributed by atoms with Gasteiger partial charge in [-0.05, 0) is 37.9 Å². The number of aryl methyl sites for hydroxylation is 1. The molecule has 124 valence electrons. The standard InChI is InChI=1S/C15H19N3O4S/c1-17-13-5-4-12(8-14(13)22-15(17)19)23(20,21)18-10-2-3-11(18)9-16-7-6-10/h4-5,8,10-11,16H,2-3,6-7,9H2,1H3. The summed E-state index contributed by atoms with van der Waals surface area (Å²) in [6.07, 6.45) is 2.63. The van der Waals surface area contributed by atoms with Crippen molar-refractivity contribution in [3.05, 3.63) is 28.7 Å². The van der Waals surface area contributed by atoms with E-state index >= 15 is 0 Å². The molecular formula is C15H19N3O4S. The summed E-state index contributed by atoms with van der Waals surface area (Å²) in [6, 6.07) is 4.71. The molecule has 2 fully saturated rings. The number of hydrogen-bond acceptors (Lipinski definition) is 5. The molecule has 2 saturated heterocycles. The maximum absolute atomic E-state index is 13.1. The third-order valence-corrected chi connectivity index (χ3v) is 6.93. The molecule has 2 aliphatic rings. The Labute approximate surface area is 133 Å². The minimum absolute atomic E-state index is 0.00554. The van der Waals surface area contributed by atoms with E-state index < -0.39 is 15.8 Å². The molecule has 0 amide bonds. The first kappa shape index (κ1) is 14.9. The molecular weight excluding hydrogens is 318 g/mol. The van der Waals surface area contributed by atoms with Crippen molar-refractivity contribution in [1.29, 1.82) is 0 Å². The van der Waals surface area contributed by atoms with Gasteiger partial charge in [-0.2, -0.15) is 4.31 Å². The molecule has 0 spiro atoms. The molecule has 8 heteroatoms.